The SMILES string of the molecule is CCCCCN1CCN(C(=O)c2cc(=O)c3ccccc3o2)CC1. The smallest absolute Gasteiger partial charge is 0.289 e. The fourth-order valence-electron chi connectivity index (χ4n) is 3.13. The second kappa shape index (κ2) is 7.62. The Morgan fingerprint density at radius 1 is 1.12 bits per heavy atom. The van der Waals surface area contributed by atoms with Crippen molar-refractivity contribution in [2.24, 2.45) is 0 Å². The molecule has 0 aliphatic carbocycles. The minimum Gasteiger partial charge on any atom is -0.451 e. The van der Waals surface area contributed by atoms with Crippen LogP contribution in [-0.4, -0.2) is 48.4 Å². The summed E-state index contributed by atoms with van der Waals surface area (Å²) >= 11 is 0. The number of benzene rings is 1. The van der Waals surface area contributed by atoms with E-state index >= 15 is 0 Å². The van der Waals surface area contributed by atoms with Gasteiger partial charge in [-0.2, -0.15) is 0 Å². The number of hydrogen-bond donors (Lipinski definition) is 0. The van der Waals surface area contributed by atoms with Crippen molar-refractivity contribution < 1.29 is 9.21 Å². The van der Waals surface area contributed by atoms with Crippen molar-refractivity contribution in [3.05, 3.63) is 46.3 Å². The van der Waals surface area contributed by atoms with Gasteiger partial charge in [0, 0.05) is 32.2 Å². The third-order valence-corrected chi connectivity index (χ3v) is 4.58. The number of rotatable bonds is 5. The van der Waals surface area contributed by atoms with Gasteiger partial charge in [-0.05, 0) is 25.1 Å². The van der Waals surface area contributed by atoms with Crippen molar-refractivity contribution in [3.63, 3.8) is 0 Å². The minimum atomic E-state index is -0.189. The highest BCUT2D eigenvalue weighted by molar-refractivity contribution is 5.93. The summed E-state index contributed by atoms with van der Waals surface area (Å²) in [5, 5.41) is 0.509. The lowest BCUT2D eigenvalue weighted by atomic mass is 10.2. The molecule has 128 valence electrons. The predicted octanol–water partition coefficient (Wildman–Crippen LogP) is 2.74. The van der Waals surface area contributed by atoms with Crippen LogP contribution in [0.15, 0.2) is 39.5 Å². The summed E-state index contributed by atoms with van der Waals surface area (Å²) in [6.07, 6.45) is 3.69. The Morgan fingerprint density at radius 3 is 2.62 bits per heavy atom. The Labute approximate surface area is 141 Å². The summed E-state index contributed by atoms with van der Waals surface area (Å²) in [7, 11) is 0. The number of para-hydroxylation sites is 1. The second-order valence-corrected chi connectivity index (χ2v) is 6.31. The number of unbranched alkanes of at least 4 members (excludes halogenated alkanes) is 2. The molecule has 1 aromatic carbocycles. The number of hydrogen-bond acceptors (Lipinski definition) is 4. The molecule has 2 aromatic rings. The standard InChI is InChI=1S/C19H24N2O3/c1-2-3-6-9-20-10-12-21(13-11-20)19(23)18-14-16(22)15-7-4-5-8-17(15)24-18/h4-5,7-8,14H,2-3,6,9-13H2,1H3. The van der Waals surface area contributed by atoms with Gasteiger partial charge in [0.2, 0.25) is 0 Å². The maximum atomic E-state index is 12.6. The Hall–Kier alpha value is -2.14. The first-order valence-corrected chi connectivity index (χ1v) is 8.73. The van der Waals surface area contributed by atoms with Crippen LogP contribution in [0.1, 0.15) is 36.7 Å². The fraction of sp³-hybridized carbons (Fsp3) is 0.474. The van der Waals surface area contributed by atoms with Crippen molar-refractivity contribution >= 4 is 16.9 Å². The quantitative estimate of drug-likeness (QED) is 0.792. The van der Waals surface area contributed by atoms with E-state index in [0.717, 1.165) is 19.6 Å². The molecular weight excluding hydrogens is 304 g/mol. The molecule has 3 rings (SSSR count). The van der Waals surface area contributed by atoms with Gasteiger partial charge in [0.25, 0.3) is 5.91 Å². The van der Waals surface area contributed by atoms with Crippen molar-refractivity contribution in [2.75, 3.05) is 32.7 Å². The van der Waals surface area contributed by atoms with Crippen LogP contribution in [0.5, 0.6) is 0 Å². The number of fused-ring (bicyclic) bond motifs is 1. The Balaban J connectivity index is 1.66. The van der Waals surface area contributed by atoms with Crippen molar-refractivity contribution in [2.45, 2.75) is 26.2 Å². The van der Waals surface area contributed by atoms with Gasteiger partial charge in [0.15, 0.2) is 11.2 Å². The number of piperazine rings is 1. The van der Waals surface area contributed by atoms with E-state index in [-0.39, 0.29) is 17.1 Å². The van der Waals surface area contributed by atoms with Crippen LogP contribution >= 0.6 is 0 Å². The Kier molecular flexibility index (Phi) is 5.30. The largest absolute Gasteiger partial charge is 0.451 e. The van der Waals surface area contributed by atoms with Gasteiger partial charge in [0.05, 0.1) is 5.39 Å². The normalized spacial score (nSPS) is 15.8. The van der Waals surface area contributed by atoms with Gasteiger partial charge in [-0.25, -0.2) is 0 Å². The molecule has 0 bridgehead atoms. The molecule has 5 heteroatoms. The van der Waals surface area contributed by atoms with Gasteiger partial charge >= 0.3 is 0 Å². The first kappa shape index (κ1) is 16.7. The van der Waals surface area contributed by atoms with Crippen molar-refractivity contribution in [1.82, 2.24) is 9.80 Å². The molecule has 0 atom stereocenters. The summed E-state index contributed by atoms with van der Waals surface area (Å²) in [6.45, 7) is 6.43. The molecule has 24 heavy (non-hydrogen) atoms. The van der Waals surface area contributed by atoms with Crippen molar-refractivity contribution in [3.8, 4) is 0 Å². The van der Waals surface area contributed by atoms with E-state index in [1.54, 1.807) is 29.2 Å². The van der Waals surface area contributed by atoms with Crippen LogP contribution in [-0.2, 0) is 0 Å². The molecular formula is C19H24N2O3. The van der Waals surface area contributed by atoms with Crippen molar-refractivity contribution in [1.29, 1.82) is 0 Å². The van der Waals surface area contributed by atoms with Gasteiger partial charge in [-0.3, -0.25) is 14.5 Å². The highest BCUT2D eigenvalue weighted by Gasteiger charge is 2.24. The zero-order valence-electron chi connectivity index (χ0n) is 14.2. The van der Waals surface area contributed by atoms with Gasteiger partial charge in [0.1, 0.15) is 5.58 Å². The molecule has 1 amide bonds. The Bertz CT molecular complexity index is 761. The van der Waals surface area contributed by atoms with Crippen LogP contribution in [0.25, 0.3) is 11.0 Å². The number of carbonyl (C=O) groups excluding carboxylic acids is 1. The molecule has 1 aliphatic rings. The zero-order valence-corrected chi connectivity index (χ0v) is 14.2. The van der Waals surface area contributed by atoms with E-state index in [9.17, 15) is 9.59 Å². The lowest BCUT2D eigenvalue weighted by molar-refractivity contribution is 0.0605. The van der Waals surface area contributed by atoms with E-state index < -0.39 is 0 Å². The lowest BCUT2D eigenvalue weighted by Crippen LogP contribution is -2.48. The highest BCUT2D eigenvalue weighted by Crippen LogP contribution is 2.14. The lowest BCUT2D eigenvalue weighted by Gasteiger charge is -2.34. The van der Waals surface area contributed by atoms with E-state index in [0.29, 0.717) is 24.1 Å². The molecule has 0 spiro atoms. The minimum absolute atomic E-state index is 0.137. The third-order valence-electron chi connectivity index (χ3n) is 4.58. The first-order valence-electron chi connectivity index (χ1n) is 8.73. The topological polar surface area (TPSA) is 53.8 Å². The molecule has 0 saturated carbocycles. The molecule has 0 N–H and O–H groups in total. The maximum Gasteiger partial charge on any atom is 0.289 e. The van der Waals surface area contributed by atoms with Crippen LogP contribution in [0.4, 0.5) is 0 Å². The molecule has 1 fully saturated rings. The first-order chi connectivity index (χ1) is 11.7. The van der Waals surface area contributed by atoms with Gasteiger partial charge < -0.3 is 9.32 Å². The molecule has 1 aliphatic heterocycles. The van der Waals surface area contributed by atoms with Crippen LogP contribution in [0, 0.1) is 0 Å². The number of amides is 1. The molecule has 0 unspecified atom stereocenters. The van der Waals surface area contributed by atoms with Crippen LogP contribution < -0.4 is 5.43 Å². The molecule has 0 radical (unpaired) electrons. The number of carbonyl (C=O) groups is 1. The third kappa shape index (κ3) is 3.67. The van der Waals surface area contributed by atoms with E-state index in [1.165, 1.54) is 25.3 Å². The average molecular weight is 328 g/mol. The van der Waals surface area contributed by atoms with E-state index in [1.807, 2.05) is 0 Å². The summed E-state index contributed by atoms with van der Waals surface area (Å²) < 4.78 is 5.66. The summed E-state index contributed by atoms with van der Waals surface area (Å²) in [4.78, 5) is 29.0. The Morgan fingerprint density at radius 2 is 1.88 bits per heavy atom. The molecule has 2 heterocycles. The number of nitrogens with zero attached hydrogens (tertiary/aromatic N) is 2. The fourth-order valence-corrected chi connectivity index (χ4v) is 3.13. The van der Waals surface area contributed by atoms with E-state index in [4.69, 9.17) is 4.42 Å². The zero-order chi connectivity index (χ0) is 16.9. The van der Waals surface area contributed by atoms with Gasteiger partial charge in [-0.15, -0.1) is 0 Å². The average Bonchev–Trinajstić information content (AvgIpc) is 2.62. The van der Waals surface area contributed by atoms with Crippen LogP contribution in [0.3, 0.4) is 0 Å². The molecule has 1 saturated heterocycles. The summed E-state index contributed by atoms with van der Waals surface area (Å²) in [5.74, 6) is -0.0517. The van der Waals surface area contributed by atoms with Crippen LogP contribution in [0.2, 0.25) is 0 Å². The molecule has 1 aromatic heterocycles. The summed E-state index contributed by atoms with van der Waals surface area (Å²) in [5.41, 5.74) is 0.296. The second-order valence-electron chi connectivity index (χ2n) is 6.31. The van der Waals surface area contributed by atoms with Gasteiger partial charge in [-0.1, -0.05) is 31.9 Å². The monoisotopic (exact) mass is 328 g/mol. The summed E-state index contributed by atoms with van der Waals surface area (Å²) in [6, 6.07) is 8.34. The van der Waals surface area contributed by atoms with E-state index in [2.05, 4.69) is 11.8 Å². The predicted molar refractivity (Wildman–Crippen MR) is 94.4 cm³/mol. The molecule has 5 nitrogen and oxygen atoms in total. The maximum absolute atomic E-state index is 12.6. The highest BCUT2D eigenvalue weighted by atomic mass is 16.3.